The van der Waals surface area contributed by atoms with Crippen LogP contribution in [0.5, 0.6) is 0 Å². The fraction of sp³-hybridized carbons (Fsp3) is 0.550. The highest BCUT2D eigenvalue weighted by molar-refractivity contribution is 6.74. The summed E-state index contributed by atoms with van der Waals surface area (Å²) in [6, 6.07) is 1.85. The van der Waals surface area contributed by atoms with Crippen LogP contribution in [0.2, 0.25) is 23.3 Å². The highest BCUT2D eigenvalue weighted by atomic mass is 35.5. The van der Waals surface area contributed by atoms with Gasteiger partial charge in [0, 0.05) is 18.0 Å². The van der Waals surface area contributed by atoms with E-state index in [1.807, 2.05) is 23.8 Å². The molecule has 1 aliphatic rings. The fourth-order valence-corrected chi connectivity index (χ4v) is 5.10. The lowest BCUT2D eigenvalue weighted by atomic mass is 9.87. The molecule has 0 spiro atoms. The molecule has 27 heavy (non-hydrogen) atoms. The topological polar surface area (TPSA) is 57.0 Å². The second-order valence-corrected chi connectivity index (χ2v) is 14.3. The first-order valence-corrected chi connectivity index (χ1v) is 12.5. The zero-order chi connectivity index (χ0) is 20.3. The smallest absolute Gasteiger partial charge is 0.197 e. The molecular formula is C20H28ClN3O2Si. The Morgan fingerprint density at radius 2 is 2.00 bits per heavy atom. The monoisotopic (exact) mass is 405 g/mol. The lowest BCUT2D eigenvalue weighted by Crippen LogP contribution is -2.54. The summed E-state index contributed by atoms with van der Waals surface area (Å²) in [6.07, 6.45) is 6.28. The molecule has 146 valence electrons. The van der Waals surface area contributed by atoms with E-state index in [0.29, 0.717) is 23.6 Å². The van der Waals surface area contributed by atoms with Gasteiger partial charge in [-0.25, -0.2) is 9.97 Å². The first-order chi connectivity index (χ1) is 12.4. The van der Waals surface area contributed by atoms with Gasteiger partial charge in [0.05, 0.1) is 5.39 Å². The maximum Gasteiger partial charge on any atom is 0.197 e. The van der Waals surface area contributed by atoms with Crippen LogP contribution in [0.4, 0.5) is 0 Å². The zero-order valence-electron chi connectivity index (χ0n) is 17.0. The number of allylic oxidation sites excluding steroid dienone is 1. The summed E-state index contributed by atoms with van der Waals surface area (Å²) >= 11 is 6.25. The van der Waals surface area contributed by atoms with Crippen molar-refractivity contribution in [2.45, 2.75) is 64.4 Å². The van der Waals surface area contributed by atoms with Gasteiger partial charge in [0.25, 0.3) is 0 Å². The highest BCUT2D eigenvalue weighted by Gasteiger charge is 2.59. The van der Waals surface area contributed by atoms with Gasteiger partial charge in [-0.3, -0.25) is 9.36 Å². The van der Waals surface area contributed by atoms with E-state index in [2.05, 4.69) is 50.4 Å². The van der Waals surface area contributed by atoms with Gasteiger partial charge in [-0.2, -0.15) is 0 Å². The van der Waals surface area contributed by atoms with E-state index in [1.165, 1.54) is 6.33 Å². The maximum atomic E-state index is 13.7. The summed E-state index contributed by atoms with van der Waals surface area (Å²) in [5.41, 5.74) is -1.11. The molecule has 0 amide bonds. The molecule has 2 aromatic rings. The predicted molar refractivity (Wildman–Crippen MR) is 111 cm³/mol. The Hall–Kier alpha value is -1.50. The van der Waals surface area contributed by atoms with Crippen molar-refractivity contribution in [3.05, 3.63) is 36.4 Å². The second kappa shape index (κ2) is 6.26. The molecule has 2 atom stereocenters. The summed E-state index contributed by atoms with van der Waals surface area (Å²) in [4.78, 5) is 22.2. The maximum absolute atomic E-state index is 13.7. The van der Waals surface area contributed by atoms with Crippen LogP contribution in [-0.2, 0) is 14.9 Å². The Labute approximate surface area is 166 Å². The predicted octanol–water partition coefficient (Wildman–Crippen LogP) is 5.31. The standard InChI is InChI=1S/C20H28ClN3O2Si/c1-8-19(5)10-11-20(17(19)25,26-27(6,7)18(2,3)4)24-12-9-14-15(21)22-13-23-16(14)24/h8-9,12-13H,1,10-11H2,2-7H3/t19-,20+/m0/s1. The number of aromatic nitrogens is 3. The first kappa shape index (κ1) is 20.2. The number of fused-ring (bicyclic) bond motifs is 1. The number of hydrogen-bond acceptors (Lipinski definition) is 4. The van der Waals surface area contributed by atoms with E-state index in [1.54, 1.807) is 6.08 Å². The molecule has 3 rings (SSSR count). The van der Waals surface area contributed by atoms with Crippen molar-refractivity contribution in [1.29, 1.82) is 0 Å². The number of hydrogen-bond donors (Lipinski definition) is 0. The molecule has 0 saturated heterocycles. The Morgan fingerprint density at radius 1 is 1.33 bits per heavy atom. The van der Waals surface area contributed by atoms with Crippen LogP contribution in [0.15, 0.2) is 31.2 Å². The molecule has 0 aromatic carbocycles. The Balaban J connectivity index is 2.25. The number of Topliss-reactive ketones (excluding diaryl/α,β-unsaturated/α-hetero) is 1. The second-order valence-electron chi connectivity index (χ2n) is 9.18. The Kier molecular flexibility index (Phi) is 4.69. The van der Waals surface area contributed by atoms with E-state index in [0.717, 1.165) is 5.39 Å². The lowest BCUT2D eigenvalue weighted by molar-refractivity contribution is -0.145. The largest absolute Gasteiger partial charge is 0.389 e. The van der Waals surface area contributed by atoms with Crippen LogP contribution in [0.1, 0.15) is 40.5 Å². The third-order valence-corrected chi connectivity index (χ3v) is 11.1. The Morgan fingerprint density at radius 3 is 2.56 bits per heavy atom. The van der Waals surface area contributed by atoms with Crippen LogP contribution in [0, 0.1) is 5.41 Å². The number of carbonyl (C=O) groups excluding carboxylic acids is 1. The van der Waals surface area contributed by atoms with Crippen molar-refractivity contribution in [2.75, 3.05) is 0 Å². The lowest BCUT2D eigenvalue weighted by Gasteiger charge is -2.44. The molecule has 0 aliphatic heterocycles. The van der Waals surface area contributed by atoms with Gasteiger partial charge in [0.1, 0.15) is 17.1 Å². The van der Waals surface area contributed by atoms with Gasteiger partial charge in [-0.15, -0.1) is 6.58 Å². The Bertz CT molecular complexity index is 918. The molecule has 5 nitrogen and oxygen atoms in total. The number of rotatable bonds is 4. The SMILES string of the molecule is C=C[C@@]1(C)CC[C@](O[Si](C)(C)C(C)(C)C)(n2ccc3c(Cl)ncnc32)C1=O. The average molecular weight is 406 g/mol. The molecule has 0 radical (unpaired) electrons. The molecule has 1 aliphatic carbocycles. The van der Waals surface area contributed by atoms with Gasteiger partial charge < -0.3 is 4.43 Å². The first-order valence-electron chi connectivity index (χ1n) is 9.25. The molecule has 0 unspecified atom stereocenters. The van der Waals surface area contributed by atoms with Crippen molar-refractivity contribution in [3.63, 3.8) is 0 Å². The van der Waals surface area contributed by atoms with Crippen molar-refractivity contribution >= 4 is 36.7 Å². The number of halogens is 1. The fourth-order valence-electron chi connectivity index (χ4n) is 3.46. The van der Waals surface area contributed by atoms with Crippen LogP contribution < -0.4 is 0 Å². The summed E-state index contributed by atoms with van der Waals surface area (Å²) in [6.45, 7) is 16.7. The summed E-state index contributed by atoms with van der Waals surface area (Å²) in [5.74, 6) is 0.0297. The molecule has 1 saturated carbocycles. The molecule has 2 heterocycles. The third-order valence-electron chi connectivity index (χ3n) is 6.36. The van der Waals surface area contributed by atoms with E-state index in [9.17, 15) is 4.79 Å². The minimum absolute atomic E-state index is 0.0297. The van der Waals surface area contributed by atoms with E-state index in [4.69, 9.17) is 16.0 Å². The van der Waals surface area contributed by atoms with E-state index >= 15 is 0 Å². The van der Waals surface area contributed by atoms with Crippen molar-refractivity contribution in [2.24, 2.45) is 5.41 Å². The third kappa shape index (κ3) is 2.98. The van der Waals surface area contributed by atoms with Crippen molar-refractivity contribution in [1.82, 2.24) is 14.5 Å². The number of ketones is 1. The molecule has 7 heteroatoms. The van der Waals surface area contributed by atoms with Crippen molar-refractivity contribution in [3.8, 4) is 0 Å². The van der Waals surface area contributed by atoms with Gasteiger partial charge in [0.15, 0.2) is 19.8 Å². The zero-order valence-corrected chi connectivity index (χ0v) is 18.7. The normalized spacial score (nSPS) is 26.7. The van der Waals surface area contributed by atoms with Crippen molar-refractivity contribution < 1.29 is 9.22 Å². The number of nitrogens with zero attached hydrogens (tertiary/aromatic N) is 3. The van der Waals surface area contributed by atoms with Gasteiger partial charge >= 0.3 is 0 Å². The molecule has 2 aromatic heterocycles. The van der Waals surface area contributed by atoms with Crippen LogP contribution >= 0.6 is 11.6 Å². The van der Waals surface area contributed by atoms with Gasteiger partial charge in [-0.05, 0) is 37.5 Å². The summed E-state index contributed by atoms with van der Waals surface area (Å²) < 4.78 is 8.72. The van der Waals surface area contributed by atoms with Gasteiger partial charge in [0.2, 0.25) is 0 Å². The minimum atomic E-state index is -2.27. The number of carbonyl (C=O) groups is 1. The quantitative estimate of drug-likeness (QED) is 0.392. The van der Waals surface area contributed by atoms with Gasteiger partial charge in [-0.1, -0.05) is 38.4 Å². The van der Waals surface area contributed by atoms with E-state index in [-0.39, 0.29) is 10.8 Å². The summed E-state index contributed by atoms with van der Waals surface area (Å²) in [7, 11) is -2.27. The highest BCUT2D eigenvalue weighted by Crippen LogP contribution is 2.51. The van der Waals surface area contributed by atoms with Crippen LogP contribution in [0.3, 0.4) is 0 Å². The molecule has 0 N–H and O–H groups in total. The molecule has 0 bridgehead atoms. The average Bonchev–Trinajstić information content (AvgIpc) is 3.11. The summed E-state index contributed by atoms with van der Waals surface area (Å²) in [5, 5.41) is 1.05. The molecule has 1 fully saturated rings. The van der Waals surface area contributed by atoms with Crippen LogP contribution in [0.25, 0.3) is 11.0 Å². The van der Waals surface area contributed by atoms with Crippen LogP contribution in [-0.4, -0.2) is 28.6 Å². The minimum Gasteiger partial charge on any atom is -0.389 e. The van der Waals surface area contributed by atoms with E-state index < -0.39 is 19.5 Å². The molecular weight excluding hydrogens is 378 g/mol.